The lowest BCUT2D eigenvalue weighted by Crippen LogP contribution is -2.24. The predicted molar refractivity (Wildman–Crippen MR) is 64.1 cm³/mol. The van der Waals surface area contributed by atoms with Gasteiger partial charge in [0, 0.05) is 19.3 Å². The standard InChI is InChI=1S/C11H15ClN2O2/c1-4-14(5-2)9-6-10(12)13-7-8(9)11(15)16-3/h6-7H,4-5H2,1-3H3. The highest BCUT2D eigenvalue weighted by Crippen LogP contribution is 2.23. The SMILES string of the molecule is CCN(CC)c1cc(Cl)ncc1C(=O)OC. The lowest BCUT2D eigenvalue weighted by atomic mass is 10.2. The highest BCUT2D eigenvalue weighted by molar-refractivity contribution is 6.29. The van der Waals surface area contributed by atoms with Crippen LogP contribution in [0.25, 0.3) is 0 Å². The number of nitrogens with zero attached hydrogens (tertiary/aromatic N) is 2. The number of pyridine rings is 1. The molecule has 0 radical (unpaired) electrons. The molecule has 0 aliphatic rings. The van der Waals surface area contributed by atoms with Crippen molar-refractivity contribution in [2.75, 3.05) is 25.1 Å². The summed E-state index contributed by atoms with van der Waals surface area (Å²) in [5.41, 5.74) is 1.20. The van der Waals surface area contributed by atoms with E-state index >= 15 is 0 Å². The Balaban J connectivity index is 3.22. The molecule has 0 bridgehead atoms. The molecule has 0 saturated heterocycles. The number of anilines is 1. The number of methoxy groups -OCH3 is 1. The number of aromatic nitrogens is 1. The molecule has 0 aliphatic heterocycles. The van der Waals surface area contributed by atoms with E-state index in [1.807, 2.05) is 18.7 Å². The minimum atomic E-state index is -0.397. The summed E-state index contributed by atoms with van der Waals surface area (Å²) in [5.74, 6) is -0.397. The van der Waals surface area contributed by atoms with Gasteiger partial charge in [-0.15, -0.1) is 0 Å². The highest BCUT2D eigenvalue weighted by atomic mass is 35.5. The van der Waals surface area contributed by atoms with Crippen molar-refractivity contribution in [1.29, 1.82) is 0 Å². The molecule has 0 saturated carbocycles. The maximum absolute atomic E-state index is 11.5. The van der Waals surface area contributed by atoms with E-state index in [1.165, 1.54) is 13.3 Å². The first-order valence-corrected chi connectivity index (χ1v) is 5.50. The van der Waals surface area contributed by atoms with Gasteiger partial charge in [-0.3, -0.25) is 0 Å². The van der Waals surface area contributed by atoms with Gasteiger partial charge in [-0.2, -0.15) is 0 Å². The van der Waals surface area contributed by atoms with Crippen LogP contribution in [0.3, 0.4) is 0 Å². The number of ether oxygens (including phenoxy) is 1. The lowest BCUT2D eigenvalue weighted by Gasteiger charge is -2.23. The number of hydrogen-bond acceptors (Lipinski definition) is 4. The summed E-state index contributed by atoms with van der Waals surface area (Å²) in [6, 6.07) is 1.68. The average Bonchev–Trinajstić information content (AvgIpc) is 2.30. The summed E-state index contributed by atoms with van der Waals surface area (Å²) in [4.78, 5) is 17.5. The zero-order valence-corrected chi connectivity index (χ0v) is 10.4. The molecule has 0 aliphatic carbocycles. The number of carbonyl (C=O) groups excluding carboxylic acids is 1. The largest absolute Gasteiger partial charge is 0.465 e. The van der Waals surface area contributed by atoms with E-state index in [1.54, 1.807) is 6.07 Å². The summed E-state index contributed by atoms with van der Waals surface area (Å²) in [5, 5.41) is 0.370. The van der Waals surface area contributed by atoms with E-state index < -0.39 is 5.97 Å². The molecule has 1 aromatic heterocycles. The van der Waals surface area contributed by atoms with Crippen LogP contribution in [-0.2, 0) is 4.74 Å². The van der Waals surface area contributed by atoms with E-state index in [4.69, 9.17) is 16.3 Å². The molecule has 1 aromatic rings. The van der Waals surface area contributed by atoms with Gasteiger partial charge >= 0.3 is 5.97 Å². The topological polar surface area (TPSA) is 42.4 Å². The van der Waals surface area contributed by atoms with E-state index in [9.17, 15) is 4.79 Å². The maximum atomic E-state index is 11.5. The van der Waals surface area contributed by atoms with E-state index in [2.05, 4.69) is 4.98 Å². The van der Waals surface area contributed by atoms with Crippen molar-refractivity contribution in [2.45, 2.75) is 13.8 Å². The van der Waals surface area contributed by atoms with Crippen molar-refractivity contribution < 1.29 is 9.53 Å². The van der Waals surface area contributed by atoms with Crippen molar-refractivity contribution in [1.82, 2.24) is 4.98 Å². The molecule has 0 fully saturated rings. The molecular formula is C11H15ClN2O2. The van der Waals surface area contributed by atoms with E-state index in [0.29, 0.717) is 10.7 Å². The molecule has 0 amide bonds. The highest BCUT2D eigenvalue weighted by Gasteiger charge is 2.16. The van der Waals surface area contributed by atoms with Crippen LogP contribution in [0.4, 0.5) is 5.69 Å². The van der Waals surface area contributed by atoms with Crippen LogP contribution >= 0.6 is 11.6 Å². The Morgan fingerprint density at radius 1 is 1.50 bits per heavy atom. The molecule has 1 heterocycles. The number of halogens is 1. The predicted octanol–water partition coefficient (Wildman–Crippen LogP) is 2.37. The third kappa shape index (κ3) is 2.64. The lowest BCUT2D eigenvalue weighted by molar-refractivity contribution is 0.0601. The zero-order chi connectivity index (χ0) is 12.1. The van der Waals surface area contributed by atoms with Crippen molar-refractivity contribution in [3.63, 3.8) is 0 Å². The van der Waals surface area contributed by atoms with Crippen LogP contribution in [0, 0.1) is 0 Å². The van der Waals surface area contributed by atoms with E-state index in [-0.39, 0.29) is 0 Å². The van der Waals surface area contributed by atoms with Crippen LogP contribution in [0.5, 0.6) is 0 Å². The first-order valence-electron chi connectivity index (χ1n) is 5.12. The minimum absolute atomic E-state index is 0.370. The van der Waals surface area contributed by atoms with Gasteiger partial charge in [-0.1, -0.05) is 11.6 Å². The molecule has 4 nitrogen and oxygen atoms in total. The third-order valence-corrected chi connectivity index (χ3v) is 2.56. The van der Waals surface area contributed by atoms with Crippen LogP contribution in [0.2, 0.25) is 5.15 Å². The first-order chi connectivity index (χ1) is 7.63. The minimum Gasteiger partial charge on any atom is -0.465 e. The zero-order valence-electron chi connectivity index (χ0n) is 9.66. The summed E-state index contributed by atoms with van der Waals surface area (Å²) in [6.45, 7) is 5.61. The summed E-state index contributed by atoms with van der Waals surface area (Å²) >= 11 is 5.83. The molecule has 0 unspecified atom stereocenters. The molecule has 0 N–H and O–H groups in total. The Morgan fingerprint density at radius 3 is 2.62 bits per heavy atom. The van der Waals surface area contributed by atoms with Gasteiger partial charge in [-0.05, 0) is 19.9 Å². The number of hydrogen-bond donors (Lipinski definition) is 0. The Labute approximate surface area is 100 Å². The molecule has 16 heavy (non-hydrogen) atoms. The number of carbonyl (C=O) groups is 1. The second kappa shape index (κ2) is 5.70. The molecule has 1 rings (SSSR count). The average molecular weight is 243 g/mol. The molecule has 0 aromatic carbocycles. The van der Waals surface area contributed by atoms with Crippen LogP contribution in [-0.4, -0.2) is 31.2 Å². The van der Waals surface area contributed by atoms with Gasteiger partial charge in [0.2, 0.25) is 0 Å². The molecule has 88 valence electrons. The van der Waals surface area contributed by atoms with Gasteiger partial charge in [-0.25, -0.2) is 9.78 Å². The summed E-state index contributed by atoms with van der Waals surface area (Å²) < 4.78 is 4.71. The van der Waals surface area contributed by atoms with Crippen LogP contribution in [0.15, 0.2) is 12.3 Å². The molecular weight excluding hydrogens is 228 g/mol. The number of rotatable bonds is 4. The van der Waals surface area contributed by atoms with Crippen molar-refractivity contribution in [2.24, 2.45) is 0 Å². The third-order valence-electron chi connectivity index (χ3n) is 2.36. The Morgan fingerprint density at radius 2 is 2.12 bits per heavy atom. The van der Waals surface area contributed by atoms with Gasteiger partial charge in [0.05, 0.1) is 12.8 Å². The smallest absolute Gasteiger partial charge is 0.341 e. The van der Waals surface area contributed by atoms with Gasteiger partial charge in [0.15, 0.2) is 0 Å². The summed E-state index contributed by atoms with van der Waals surface area (Å²) in [7, 11) is 1.35. The fourth-order valence-corrected chi connectivity index (χ4v) is 1.67. The quantitative estimate of drug-likeness (QED) is 0.601. The molecule has 0 spiro atoms. The van der Waals surface area contributed by atoms with Crippen molar-refractivity contribution >= 4 is 23.3 Å². The van der Waals surface area contributed by atoms with Gasteiger partial charge in [0.25, 0.3) is 0 Å². The second-order valence-electron chi connectivity index (χ2n) is 3.19. The van der Waals surface area contributed by atoms with Crippen LogP contribution in [0.1, 0.15) is 24.2 Å². The van der Waals surface area contributed by atoms with Gasteiger partial charge < -0.3 is 9.64 Å². The van der Waals surface area contributed by atoms with Crippen LogP contribution < -0.4 is 4.90 Å². The molecule has 5 heteroatoms. The van der Waals surface area contributed by atoms with Crippen molar-refractivity contribution in [3.05, 3.63) is 23.0 Å². The van der Waals surface area contributed by atoms with Crippen molar-refractivity contribution in [3.8, 4) is 0 Å². The first kappa shape index (κ1) is 12.8. The normalized spacial score (nSPS) is 10.0. The fraction of sp³-hybridized carbons (Fsp3) is 0.455. The van der Waals surface area contributed by atoms with Gasteiger partial charge in [0.1, 0.15) is 10.7 Å². The second-order valence-corrected chi connectivity index (χ2v) is 3.58. The Bertz CT molecular complexity index is 378. The summed E-state index contributed by atoms with van der Waals surface area (Å²) in [6.07, 6.45) is 1.45. The number of esters is 1. The maximum Gasteiger partial charge on any atom is 0.341 e. The Hall–Kier alpha value is -1.29. The Kier molecular flexibility index (Phi) is 4.55. The van der Waals surface area contributed by atoms with E-state index in [0.717, 1.165) is 18.8 Å². The monoisotopic (exact) mass is 242 g/mol. The molecule has 0 atom stereocenters. The fourth-order valence-electron chi connectivity index (χ4n) is 1.51.